The minimum Gasteiger partial charge on any atom is -0.462 e. The van der Waals surface area contributed by atoms with Gasteiger partial charge in [-0.25, -0.2) is 4.79 Å². The lowest BCUT2D eigenvalue weighted by molar-refractivity contribution is 0.0526. The predicted octanol–water partition coefficient (Wildman–Crippen LogP) is 3.74. The van der Waals surface area contributed by atoms with Crippen LogP contribution >= 0.6 is 27.7 Å². The van der Waals surface area contributed by atoms with Crippen LogP contribution in [0.15, 0.2) is 27.6 Å². The maximum Gasteiger partial charge on any atom is 0.338 e. The molecule has 15 heavy (non-hydrogen) atoms. The van der Waals surface area contributed by atoms with Crippen LogP contribution in [0.2, 0.25) is 0 Å². The van der Waals surface area contributed by atoms with E-state index in [0.29, 0.717) is 12.2 Å². The van der Waals surface area contributed by atoms with Crippen molar-refractivity contribution in [2.75, 3.05) is 12.4 Å². The molecule has 2 nitrogen and oxygen atoms in total. The van der Waals surface area contributed by atoms with Crippen molar-refractivity contribution in [1.29, 1.82) is 0 Å². The Morgan fingerprint density at radius 2 is 2.20 bits per heavy atom. The van der Waals surface area contributed by atoms with Crippen LogP contribution in [-0.2, 0) is 4.74 Å². The number of rotatable bonds is 4. The van der Waals surface area contributed by atoms with Crippen LogP contribution in [0.1, 0.15) is 24.2 Å². The van der Waals surface area contributed by atoms with Crippen LogP contribution in [0.5, 0.6) is 0 Å². The molecule has 0 bridgehead atoms. The quantitative estimate of drug-likeness (QED) is 0.624. The van der Waals surface area contributed by atoms with Crippen LogP contribution in [0.4, 0.5) is 0 Å². The molecule has 0 saturated carbocycles. The number of carbonyl (C=O) groups excluding carboxylic acids is 1. The van der Waals surface area contributed by atoms with Gasteiger partial charge in [-0.1, -0.05) is 6.92 Å². The number of carbonyl (C=O) groups is 1. The van der Waals surface area contributed by atoms with Gasteiger partial charge in [-0.15, -0.1) is 11.8 Å². The van der Waals surface area contributed by atoms with Crippen LogP contribution in [0.25, 0.3) is 0 Å². The molecule has 0 aliphatic carbocycles. The van der Waals surface area contributed by atoms with Gasteiger partial charge in [-0.05, 0) is 46.8 Å². The Kier molecular flexibility index (Phi) is 5.19. The molecule has 1 aromatic rings. The first-order valence-electron chi connectivity index (χ1n) is 4.78. The average molecular weight is 289 g/mol. The van der Waals surface area contributed by atoms with Crippen LogP contribution < -0.4 is 0 Å². The summed E-state index contributed by atoms with van der Waals surface area (Å²) < 4.78 is 5.95. The molecule has 0 unspecified atom stereocenters. The summed E-state index contributed by atoms with van der Waals surface area (Å²) in [5.41, 5.74) is 0.607. The largest absolute Gasteiger partial charge is 0.462 e. The molecule has 4 heteroatoms. The monoisotopic (exact) mass is 288 g/mol. The van der Waals surface area contributed by atoms with Gasteiger partial charge >= 0.3 is 5.97 Å². The summed E-state index contributed by atoms with van der Waals surface area (Å²) in [5.74, 6) is 0.716. The molecule has 0 aliphatic heterocycles. The summed E-state index contributed by atoms with van der Waals surface area (Å²) >= 11 is 5.14. The second kappa shape index (κ2) is 6.18. The van der Waals surface area contributed by atoms with Crippen molar-refractivity contribution in [3.8, 4) is 0 Å². The highest BCUT2D eigenvalue weighted by molar-refractivity contribution is 9.10. The van der Waals surface area contributed by atoms with Crippen molar-refractivity contribution in [2.45, 2.75) is 18.7 Å². The highest BCUT2D eigenvalue weighted by Crippen LogP contribution is 2.28. The first-order valence-corrected chi connectivity index (χ1v) is 6.56. The maximum atomic E-state index is 11.5. The first kappa shape index (κ1) is 12.6. The van der Waals surface area contributed by atoms with Gasteiger partial charge in [0.05, 0.1) is 12.2 Å². The van der Waals surface area contributed by atoms with Crippen LogP contribution in [0.3, 0.4) is 0 Å². The molecule has 0 atom stereocenters. The van der Waals surface area contributed by atoms with Crippen molar-refractivity contribution < 1.29 is 9.53 Å². The SMILES string of the molecule is CCOC(=O)c1ccc(Br)c(SCC)c1. The van der Waals surface area contributed by atoms with Gasteiger partial charge in [-0.3, -0.25) is 0 Å². The fraction of sp³-hybridized carbons (Fsp3) is 0.364. The zero-order chi connectivity index (χ0) is 11.3. The van der Waals surface area contributed by atoms with Crippen molar-refractivity contribution >= 4 is 33.7 Å². The zero-order valence-electron chi connectivity index (χ0n) is 8.75. The summed E-state index contributed by atoms with van der Waals surface area (Å²) in [6, 6.07) is 5.50. The first-order chi connectivity index (χ1) is 7.19. The van der Waals surface area contributed by atoms with Crippen molar-refractivity contribution in [3.05, 3.63) is 28.2 Å². The van der Waals surface area contributed by atoms with E-state index in [0.717, 1.165) is 15.1 Å². The van der Waals surface area contributed by atoms with Gasteiger partial charge in [0.1, 0.15) is 0 Å². The highest BCUT2D eigenvalue weighted by atomic mass is 79.9. The predicted molar refractivity (Wildman–Crippen MR) is 66.5 cm³/mol. The molecule has 0 amide bonds. The third kappa shape index (κ3) is 3.54. The molecule has 0 heterocycles. The van der Waals surface area contributed by atoms with Crippen LogP contribution in [-0.4, -0.2) is 18.3 Å². The van der Waals surface area contributed by atoms with Crippen molar-refractivity contribution in [2.24, 2.45) is 0 Å². The molecule has 1 rings (SSSR count). The summed E-state index contributed by atoms with van der Waals surface area (Å²) in [5, 5.41) is 0. The summed E-state index contributed by atoms with van der Waals surface area (Å²) in [6.45, 7) is 4.29. The Bertz CT molecular complexity index is 352. The number of esters is 1. The highest BCUT2D eigenvalue weighted by Gasteiger charge is 2.09. The molecular weight excluding hydrogens is 276 g/mol. The van der Waals surface area contributed by atoms with Gasteiger partial charge in [0.15, 0.2) is 0 Å². The molecule has 0 aliphatic rings. The number of benzene rings is 1. The van der Waals surface area contributed by atoms with Crippen LogP contribution in [0, 0.1) is 0 Å². The number of hydrogen-bond donors (Lipinski definition) is 0. The molecular formula is C11H13BrO2S. The standard InChI is InChI=1S/C11H13BrO2S/c1-3-14-11(13)8-5-6-9(12)10(7-8)15-4-2/h5-7H,3-4H2,1-2H3. The number of thioether (sulfide) groups is 1. The second-order valence-corrected chi connectivity index (χ2v) is 4.96. The zero-order valence-corrected chi connectivity index (χ0v) is 11.2. The lowest BCUT2D eigenvalue weighted by Crippen LogP contribution is -2.04. The normalized spacial score (nSPS) is 10.1. The lowest BCUT2D eigenvalue weighted by atomic mass is 10.2. The lowest BCUT2D eigenvalue weighted by Gasteiger charge is -2.06. The van der Waals surface area contributed by atoms with E-state index in [1.165, 1.54) is 0 Å². The van der Waals surface area contributed by atoms with E-state index in [1.807, 2.05) is 12.1 Å². The van der Waals surface area contributed by atoms with E-state index in [1.54, 1.807) is 24.8 Å². The van der Waals surface area contributed by atoms with Gasteiger partial charge in [0, 0.05) is 9.37 Å². The molecule has 0 N–H and O–H groups in total. The minimum atomic E-state index is -0.261. The number of hydrogen-bond acceptors (Lipinski definition) is 3. The van der Waals surface area contributed by atoms with Gasteiger partial charge in [0.25, 0.3) is 0 Å². The number of halogens is 1. The molecule has 82 valence electrons. The topological polar surface area (TPSA) is 26.3 Å². The maximum absolute atomic E-state index is 11.5. The Labute approximate surface area is 103 Å². The molecule has 0 radical (unpaired) electrons. The molecule has 0 aromatic heterocycles. The smallest absolute Gasteiger partial charge is 0.338 e. The Morgan fingerprint density at radius 3 is 2.80 bits per heavy atom. The molecule has 1 aromatic carbocycles. The fourth-order valence-electron chi connectivity index (χ4n) is 1.11. The fourth-order valence-corrected chi connectivity index (χ4v) is 2.43. The summed E-state index contributed by atoms with van der Waals surface area (Å²) in [4.78, 5) is 12.5. The van der Waals surface area contributed by atoms with Gasteiger partial charge in [0.2, 0.25) is 0 Å². The Balaban J connectivity index is 2.91. The van der Waals surface area contributed by atoms with Gasteiger partial charge < -0.3 is 4.74 Å². The van der Waals surface area contributed by atoms with E-state index in [4.69, 9.17) is 4.74 Å². The van der Waals surface area contributed by atoms with Gasteiger partial charge in [-0.2, -0.15) is 0 Å². The molecule has 0 spiro atoms. The van der Waals surface area contributed by atoms with E-state index < -0.39 is 0 Å². The van der Waals surface area contributed by atoms with E-state index in [9.17, 15) is 4.79 Å². The Hall–Kier alpha value is -0.480. The van der Waals surface area contributed by atoms with E-state index >= 15 is 0 Å². The summed E-state index contributed by atoms with van der Waals surface area (Å²) in [7, 11) is 0. The number of ether oxygens (including phenoxy) is 1. The third-order valence-electron chi connectivity index (χ3n) is 1.74. The van der Waals surface area contributed by atoms with E-state index in [2.05, 4.69) is 22.9 Å². The van der Waals surface area contributed by atoms with Crippen molar-refractivity contribution in [1.82, 2.24) is 0 Å². The van der Waals surface area contributed by atoms with Crippen molar-refractivity contribution in [3.63, 3.8) is 0 Å². The average Bonchev–Trinajstić information content (AvgIpc) is 2.22. The second-order valence-electron chi connectivity index (χ2n) is 2.80. The summed E-state index contributed by atoms with van der Waals surface area (Å²) in [6.07, 6.45) is 0. The Morgan fingerprint density at radius 1 is 1.47 bits per heavy atom. The molecule has 0 saturated heterocycles. The molecule has 0 fully saturated rings. The van der Waals surface area contributed by atoms with E-state index in [-0.39, 0.29) is 5.97 Å². The third-order valence-corrected chi connectivity index (χ3v) is 3.63. The minimum absolute atomic E-state index is 0.261.